The molecule has 3 unspecified atom stereocenters. The van der Waals surface area contributed by atoms with Gasteiger partial charge in [-0.1, -0.05) is 19.3 Å². The Morgan fingerprint density at radius 1 is 1.18 bits per heavy atom. The van der Waals surface area contributed by atoms with E-state index < -0.39 is 0 Å². The van der Waals surface area contributed by atoms with Crippen molar-refractivity contribution in [2.24, 2.45) is 0 Å². The van der Waals surface area contributed by atoms with Gasteiger partial charge in [0.05, 0.1) is 17.8 Å². The molecule has 1 saturated carbocycles. The van der Waals surface area contributed by atoms with E-state index in [9.17, 15) is 5.11 Å². The van der Waals surface area contributed by atoms with E-state index in [0.29, 0.717) is 6.10 Å². The fourth-order valence-corrected chi connectivity index (χ4v) is 3.03. The van der Waals surface area contributed by atoms with E-state index >= 15 is 0 Å². The van der Waals surface area contributed by atoms with Gasteiger partial charge in [-0.15, -0.1) is 0 Å². The minimum Gasteiger partial charge on any atom is -0.392 e. The maximum Gasteiger partial charge on any atom is 0.0707 e. The molecule has 3 atom stereocenters. The topological polar surface area (TPSA) is 41.5 Å². The minimum atomic E-state index is -0.160. The maximum absolute atomic E-state index is 10.0. The van der Waals surface area contributed by atoms with Crippen LogP contribution in [0.4, 0.5) is 0 Å². The van der Waals surface area contributed by atoms with Crippen molar-refractivity contribution < 1.29 is 9.84 Å². The lowest BCUT2D eigenvalue weighted by Crippen LogP contribution is -2.43. The molecule has 3 heteroatoms. The van der Waals surface area contributed by atoms with E-state index in [0.717, 1.165) is 32.2 Å². The number of rotatable bonds is 3. The van der Waals surface area contributed by atoms with Crippen LogP contribution in [0.5, 0.6) is 0 Å². The summed E-state index contributed by atoms with van der Waals surface area (Å²) in [5.41, 5.74) is 0.0500. The standard InChI is InChI=1S/C14H27NO2/c1-14(2)9-8-11(17-14)10-15-12-6-4-3-5-7-13(12)16/h11-13,15-16H,3-10H2,1-2H3. The van der Waals surface area contributed by atoms with Crippen LogP contribution in [0.3, 0.4) is 0 Å². The molecule has 1 heterocycles. The molecule has 0 amide bonds. The van der Waals surface area contributed by atoms with Crippen LogP contribution in [0.1, 0.15) is 58.8 Å². The molecule has 0 bridgehead atoms. The van der Waals surface area contributed by atoms with E-state index in [1.807, 2.05) is 0 Å². The van der Waals surface area contributed by atoms with Crippen molar-refractivity contribution in [2.75, 3.05) is 6.54 Å². The molecule has 0 spiro atoms. The van der Waals surface area contributed by atoms with Gasteiger partial charge in [0.15, 0.2) is 0 Å². The van der Waals surface area contributed by atoms with Crippen molar-refractivity contribution in [2.45, 2.75) is 82.6 Å². The van der Waals surface area contributed by atoms with Gasteiger partial charge >= 0.3 is 0 Å². The lowest BCUT2D eigenvalue weighted by atomic mass is 10.0. The van der Waals surface area contributed by atoms with Crippen molar-refractivity contribution >= 4 is 0 Å². The SMILES string of the molecule is CC1(C)CCC(CNC2CCCCCC2O)O1. The quantitative estimate of drug-likeness (QED) is 0.745. The van der Waals surface area contributed by atoms with Crippen LogP contribution >= 0.6 is 0 Å². The van der Waals surface area contributed by atoms with Crippen molar-refractivity contribution in [3.8, 4) is 0 Å². The Labute approximate surface area is 105 Å². The minimum absolute atomic E-state index is 0.0500. The molecule has 2 rings (SSSR count). The van der Waals surface area contributed by atoms with Crippen LogP contribution in [-0.4, -0.2) is 35.5 Å². The van der Waals surface area contributed by atoms with Gasteiger partial charge < -0.3 is 15.2 Å². The Balaban J connectivity index is 1.73. The Kier molecular flexibility index (Phi) is 4.45. The summed E-state index contributed by atoms with van der Waals surface area (Å²) in [7, 11) is 0. The third-order valence-electron chi connectivity index (χ3n) is 4.14. The van der Waals surface area contributed by atoms with Crippen molar-refractivity contribution in [3.05, 3.63) is 0 Å². The molecular formula is C14H27NO2. The van der Waals surface area contributed by atoms with Gasteiger partial charge in [0, 0.05) is 12.6 Å². The lowest BCUT2D eigenvalue weighted by molar-refractivity contribution is -0.0173. The largest absolute Gasteiger partial charge is 0.392 e. The molecule has 2 N–H and O–H groups in total. The molecule has 1 aliphatic heterocycles. The smallest absolute Gasteiger partial charge is 0.0707 e. The fraction of sp³-hybridized carbons (Fsp3) is 1.00. The zero-order chi connectivity index (χ0) is 12.3. The first-order valence-corrected chi connectivity index (χ1v) is 7.16. The number of aliphatic hydroxyl groups excluding tert-OH is 1. The monoisotopic (exact) mass is 241 g/mol. The molecule has 17 heavy (non-hydrogen) atoms. The second-order valence-electron chi connectivity index (χ2n) is 6.26. The number of hydrogen-bond donors (Lipinski definition) is 2. The van der Waals surface area contributed by atoms with Crippen molar-refractivity contribution in [1.82, 2.24) is 5.32 Å². The molecule has 1 aliphatic carbocycles. The van der Waals surface area contributed by atoms with Gasteiger partial charge in [0.25, 0.3) is 0 Å². The molecule has 0 aromatic heterocycles. The Morgan fingerprint density at radius 2 is 1.94 bits per heavy atom. The molecule has 0 radical (unpaired) electrons. The molecule has 2 fully saturated rings. The highest BCUT2D eigenvalue weighted by molar-refractivity contribution is 4.85. The van der Waals surface area contributed by atoms with E-state index in [2.05, 4.69) is 19.2 Å². The average molecular weight is 241 g/mol. The molecule has 2 aliphatic rings. The molecule has 3 nitrogen and oxygen atoms in total. The lowest BCUT2D eigenvalue weighted by Gasteiger charge is -2.25. The summed E-state index contributed by atoms with van der Waals surface area (Å²) in [5, 5.41) is 13.5. The van der Waals surface area contributed by atoms with Crippen LogP contribution in [0.25, 0.3) is 0 Å². The first-order valence-electron chi connectivity index (χ1n) is 7.16. The van der Waals surface area contributed by atoms with Gasteiger partial charge in [-0.05, 0) is 39.5 Å². The van der Waals surface area contributed by atoms with E-state index in [1.54, 1.807) is 0 Å². The second-order valence-corrected chi connectivity index (χ2v) is 6.26. The third kappa shape index (κ3) is 3.94. The third-order valence-corrected chi connectivity index (χ3v) is 4.14. The van der Waals surface area contributed by atoms with E-state index in [4.69, 9.17) is 4.74 Å². The molecule has 100 valence electrons. The molecular weight excluding hydrogens is 214 g/mol. The van der Waals surface area contributed by atoms with Crippen LogP contribution in [0.2, 0.25) is 0 Å². The predicted molar refractivity (Wildman–Crippen MR) is 69.1 cm³/mol. The summed E-state index contributed by atoms with van der Waals surface area (Å²) in [6, 6.07) is 0.282. The molecule has 1 saturated heterocycles. The van der Waals surface area contributed by atoms with Gasteiger partial charge in [0.1, 0.15) is 0 Å². The van der Waals surface area contributed by atoms with Gasteiger partial charge in [0.2, 0.25) is 0 Å². The number of nitrogens with one attached hydrogen (secondary N) is 1. The summed E-state index contributed by atoms with van der Waals surface area (Å²) >= 11 is 0. The summed E-state index contributed by atoms with van der Waals surface area (Å²) in [4.78, 5) is 0. The molecule has 0 aromatic rings. The summed E-state index contributed by atoms with van der Waals surface area (Å²) < 4.78 is 5.96. The Bertz CT molecular complexity index is 242. The van der Waals surface area contributed by atoms with Gasteiger partial charge in [-0.2, -0.15) is 0 Å². The summed E-state index contributed by atoms with van der Waals surface area (Å²) in [6.07, 6.45) is 8.20. The first-order chi connectivity index (χ1) is 8.07. The van der Waals surface area contributed by atoms with E-state index in [-0.39, 0.29) is 17.7 Å². The normalized spacial score (nSPS) is 37.9. The molecule has 0 aromatic carbocycles. The van der Waals surface area contributed by atoms with Crippen LogP contribution < -0.4 is 5.32 Å². The highest BCUT2D eigenvalue weighted by Crippen LogP contribution is 2.29. The van der Waals surface area contributed by atoms with Crippen LogP contribution in [0, 0.1) is 0 Å². The summed E-state index contributed by atoms with van der Waals surface area (Å²) in [5.74, 6) is 0. The van der Waals surface area contributed by atoms with Crippen LogP contribution in [-0.2, 0) is 4.74 Å². The van der Waals surface area contributed by atoms with Gasteiger partial charge in [-0.25, -0.2) is 0 Å². The van der Waals surface area contributed by atoms with Crippen molar-refractivity contribution in [1.29, 1.82) is 0 Å². The average Bonchev–Trinajstić information content (AvgIpc) is 2.48. The second kappa shape index (κ2) is 5.68. The number of ether oxygens (including phenoxy) is 1. The first kappa shape index (κ1) is 13.3. The van der Waals surface area contributed by atoms with Crippen LogP contribution in [0.15, 0.2) is 0 Å². The zero-order valence-electron chi connectivity index (χ0n) is 11.2. The Morgan fingerprint density at radius 3 is 2.65 bits per heavy atom. The number of aliphatic hydroxyl groups is 1. The maximum atomic E-state index is 10.0. The number of hydrogen-bond acceptors (Lipinski definition) is 3. The summed E-state index contributed by atoms with van der Waals surface area (Å²) in [6.45, 7) is 5.21. The predicted octanol–water partition coefficient (Wildman–Crippen LogP) is 2.23. The van der Waals surface area contributed by atoms with Gasteiger partial charge in [-0.3, -0.25) is 0 Å². The highest BCUT2D eigenvalue weighted by atomic mass is 16.5. The fourth-order valence-electron chi connectivity index (χ4n) is 3.03. The highest BCUT2D eigenvalue weighted by Gasteiger charge is 2.32. The van der Waals surface area contributed by atoms with E-state index in [1.165, 1.54) is 19.3 Å². The zero-order valence-corrected chi connectivity index (χ0v) is 11.2. The Hall–Kier alpha value is -0.120. The van der Waals surface area contributed by atoms with Crippen molar-refractivity contribution in [3.63, 3.8) is 0 Å².